The molecular formula is C19H20N2O. The Morgan fingerprint density at radius 2 is 1.86 bits per heavy atom. The summed E-state index contributed by atoms with van der Waals surface area (Å²) in [6, 6.07) is 16.4. The van der Waals surface area contributed by atoms with Crippen LogP contribution in [0.25, 0.3) is 10.9 Å². The van der Waals surface area contributed by atoms with E-state index in [0.717, 1.165) is 17.5 Å². The van der Waals surface area contributed by atoms with Gasteiger partial charge in [-0.15, -0.1) is 0 Å². The smallest absolute Gasteiger partial charge is 0.220 e. The first-order valence-electron chi connectivity index (χ1n) is 7.59. The van der Waals surface area contributed by atoms with Gasteiger partial charge in [0.05, 0.1) is 0 Å². The molecule has 1 aromatic heterocycles. The van der Waals surface area contributed by atoms with Gasteiger partial charge >= 0.3 is 0 Å². The van der Waals surface area contributed by atoms with Crippen molar-refractivity contribution >= 4 is 16.8 Å². The Hall–Kier alpha value is -2.55. The molecule has 0 radical (unpaired) electrons. The van der Waals surface area contributed by atoms with Crippen molar-refractivity contribution in [2.75, 3.05) is 0 Å². The molecule has 22 heavy (non-hydrogen) atoms. The fraction of sp³-hybridized carbons (Fsp3) is 0.211. The summed E-state index contributed by atoms with van der Waals surface area (Å²) in [5, 5.41) is 4.18. The number of H-pyrrole nitrogens is 1. The normalized spacial score (nSPS) is 10.8. The van der Waals surface area contributed by atoms with Crippen LogP contribution in [-0.4, -0.2) is 10.9 Å². The first-order valence-corrected chi connectivity index (χ1v) is 7.59. The molecule has 0 fully saturated rings. The lowest BCUT2D eigenvalue weighted by Crippen LogP contribution is -2.22. The standard InChI is InChI=1S/C19H20N2O/c1-14-6-8-15(9-7-14)12-21-19(22)11-10-16-13-20-18-5-3-2-4-17(16)18/h2-9,13,20H,10-12H2,1H3,(H,21,22). The Kier molecular flexibility index (Phi) is 4.24. The molecule has 112 valence electrons. The summed E-state index contributed by atoms with van der Waals surface area (Å²) in [6.07, 6.45) is 3.26. The summed E-state index contributed by atoms with van der Waals surface area (Å²) in [6.45, 7) is 2.65. The maximum absolute atomic E-state index is 12.0. The van der Waals surface area contributed by atoms with Crippen LogP contribution < -0.4 is 5.32 Å². The average molecular weight is 292 g/mol. The molecule has 0 bridgehead atoms. The Labute approximate surface area is 130 Å². The maximum atomic E-state index is 12.0. The van der Waals surface area contributed by atoms with E-state index in [4.69, 9.17) is 0 Å². The number of rotatable bonds is 5. The number of aromatic nitrogens is 1. The zero-order valence-corrected chi connectivity index (χ0v) is 12.7. The van der Waals surface area contributed by atoms with Gasteiger partial charge in [0.1, 0.15) is 0 Å². The van der Waals surface area contributed by atoms with E-state index in [0.29, 0.717) is 13.0 Å². The second-order valence-corrected chi connectivity index (χ2v) is 5.62. The molecule has 0 aliphatic carbocycles. The van der Waals surface area contributed by atoms with Crippen molar-refractivity contribution in [2.24, 2.45) is 0 Å². The Bertz CT molecular complexity index is 771. The van der Waals surface area contributed by atoms with Gasteiger partial charge in [-0.1, -0.05) is 48.0 Å². The number of aromatic amines is 1. The number of hydrogen-bond acceptors (Lipinski definition) is 1. The van der Waals surface area contributed by atoms with Gasteiger partial charge in [-0.3, -0.25) is 4.79 Å². The van der Waals surface area contributed by atoms with E-state index in [1.165, 1.54) is 16.5 Å². The predicted octanol–water partition coefficient (Wildman–Crippen LogP) is 3.73. The quantitative estimate of drug-likeness (QED) is 0.739. The molecule has 2 N–H and O–H groups in total. The summed E-state index contributed by atoms with van der Waals surface area (Å²) in [5.74, 6) is 0.0888. The van der Waals surface area contributed by atoms with E-state index >= 15 is 0 Å². The topological polar surface area (TPSA) is 44.9 Å². The van der Waals surface area contributed by atoms with Gasteiger partial charge in [0.15, 0.2) is 0 Å². The molecule has 0 saturated heterocycles. The van der Waals surface area contributed by atoms with Crippen LogP contribution in [0, 0.1) is 6.92 Å². The molecule has 3 aromatic rings. The van der Waals surface area contributed by atoms with Gasteiger partial charge in [-0.05, 0) is 30.5 Å². The number of amides is 1. The number of benzene rings is 2. The van der Waals surface area contributed by atoms with Crippen LogP contribution in [0.15, 0.2) is 54.7 Å². The van der Waals surface area contributed by atoms with Crippen molar-refractivity contribution in [2.45, 2.75) is 26.3 Å². The lowest BCUT2D eigenvalue weighted by atomic mass is 10.1. The molecule has 3 rings (SSSR count). The van der Waals surface area contributed by atoms with E-state index in [-0.39, 0.29) is 5.91 Å². The minimum atomic E-state index is 0.0888. The van der Waals surface area contributed by atoms with Crippen molar-refractivity contribution in [1.82, 2.24) is 10.3 Å². The van der Waals surface area contributed by atoms with Crippen LogP contribution in [0.4, 0.5) is 0 Å². The van der Waals surface area contributed by atoms with E-state index in [1.54, 1.807) is 0 Å². The second-order valence-electron chi connectivity index (χ2n) is 5.62. The molecule has 0 aliphatic rings. The van der Waals surface area contributed by atoms with E-state index in [9.17, 15) is 4.79 Å². The molecular weight excluding hydrogens is 272 g/mol. The third-order valence-corrected chi connectivity index (χ3v) is 3.91. The van der Waals surface area contributed by atoms with Gasteiger partial charge in [-0.25, -0.2) is 0 Å². The number of fused-ring (bicyclic) bond motifs is 1. The van der Waals surface area contributed by atoms with E-state index in [1.807, 2.05) is 18.3 Å². The number of carbonyl (C=O) groups is 1. The van der Waals surface area contributed by atoms with Crippen molar-refractivity contribution in [3.05, 3.63) is 71.4 Å². The largest absolute Gasteiger partial charge is 0.361 e. The zero-order valence-electron chi connectivity index (χ0n) is 12.7. The highest BCUT2D eigenvalue weighted by Crippen LogP contribution is 2.18. The number of aryl methyl sites for hydroxylation is 2. The van der Waals surface area contributed by atoms with E-state index in [2.05, 4.69) is 53.6 Å². The highest BCUT2D eigenvalue weighted by Gasteiger charge is 2.06. The van der Waals surface area contributed by atoms with Crippen molar-refractivity contribution in [1.29, 1.82) is 0 Å². The second kappa shape index (κ2) is 6.48. The number of hydrogen-bond donors (Lipinski definition) is 2. The van der Waals surface area contributed by atoms with Crippen LogP contribution in [0.3, 0.4) is 0 Å². The molecule has 1 heterocycles. The van der Waals surface area contributed by atoms with Crippen LogP contribution >= 0.6 is 0 Å². The first kappa shape index (κ1) is 14.4. The Balaban J connectivity index is 1.53. The molecule has 0 unspecified atom stereocenters. The fourth-order valence-electron chi connectivity index (χ4n) is 2.58. The summed E-state index contributed by atoms with van der Waals surface area (Å²) in [4.78, 5) is 15.2. The van der Waals surface area contributed by atoms with Gasteiger partial charge in [0.25, 0.3) is 0 Å². The van der Waals surface area contributed by atoms with Crippen LogP contribution in [0.2, 0.25) is 0 Å². The summed E-state index contributed by atoms with van der Waals surface area (Å²) >= 11 is 0. The zero-order chi connectivity index (χ0) is 15.4. The SMILES string of the molecule is Cc1ccc(CNC(=O)CCc2c[nH]c3ccccc23)cc1. The summed E-state index contributed by atoms with van der Waals surface area (Å²) in [5.41, 5.74) is 4.68. The van der Waals surface area contributed by atoms with Crippen molar-refractivity contribution in [3.63, 3.8) is 0 Å². The average Bonchev–Trinajstić information content (AvgIpc) is 2.96. The first-order chi connectivity index (χ1) is 10.7. The molecule has 0 saturated carbocycles. The van der Waals surface area contributed by atoms with Gasteiger partial charge < -0.3 is 10.3 Å². The lowest BCUT2D eigenvalue weighted by molar-refractivity contribution is -0.121. The third kappa shape index (κ3) is 3.37. The highest BCUT2D eigenvalue weighted by atomic mass is 16.1. The van der Waals surface area contributed by atoms with Crippen molar-refractivity contribution in [3.8, 4) is 0 Å². The van der Waals surface area contributed by atoms with Gasteiger partial charge in [-0.2, -0.15) is 0 Å². The van der Waals surface area contributed by atoms with Crippen LogP contribution in [0.5, 0.6) is 0 Å². The number of para-hydroxylation sites is 1. The number of nitrogens with one attached hydrogen (secondary N) is 2. The molecule has 3 heteroatoms. The molecule has 2 aromatic carbocycles. The monoisotopic (exact) mass is 292 g/mol. The summed E-state index contributed by atoms with van der Waals surface area (Å²) in [7, 11) is 0. The minimum absolute atomic E-state index is 0.0888. The Morgan fingerprint density at radius 1 is 1.09 bits per heavy atom. The summed E-state index contributed by atoms with van der Waals surface area (Å²) < 4.78 is 0. The van der Waals surface area contributed by atoms with Gasteiger partial charge in [0.2, 0.25) is 5.91 Å². The highest BCUT2D eigenvalue weighted by molar-refractivity contribution is 5.84. The molecule has 1 amide bonds. The minimum Gasteiger partial charge on any atom is -0.361 e. The van der Waals surface area contributed by atoms with Gasteiger partial charge in [0, 0.05) is 30.1 Å². The molecule has 0 spiro atoms. The molecule has 3 nitrogen and oxygen atoms in total. The lowest BCUT2D eigenvalue weighted by Gasteiger charge is -2.05. The predicted molar refractivity (Wildman–Crippen MR) is 89.6 cm³/mol. The maximum Gasteiger partial charge on any atom is 0.220 e. The van der Waals surface area contributed by atoms with Crippen molar-refractivity contribution < 1.29 is 4.79 Å². The third-order valence-electron chi connectivity index (χ3n) is 3.91. The van der Waals surface area contributed by atoms with Crippen LogP contribution in [0.1, 0.15) is 23.1 Å². The van der Waals surface area contributed by atoms with Crippen LogP contribution in [-0.2, 0) is 17.8 Å². The number of carbonyl (C=O) groups excluding carboxylic acids is 1. The molecule has 0 aliphatic heterocycles. The fourth-order valence-corrected chi connectivity index (χ4v) is 2.58. The Morgan fingerprint density at radius 3 is 2.68 bits per heavy atom. The molecule has 0 atom stereocenters. The van der Waals surface area contributed by atoms with E-state index < -0.39 is 0 Å².